The molecule has 82 valence electrons. The van der Waals surface area contributed by atoms with Gasteiger partial charge in [0.1, 0.15) is 5.92 Å². The van der Waals surface area contributed by atoms with Crippen LogP contribution in [0.25, 0.3) is 0 Å². The van der Waals surface area contributed by atoms with E-state index in [2.05, 4.69) is 21.9 Å². The van der Waals surface area contributed by atoms with Crippen LogP contribution in [0, 0.1) is 0 Å². The van der Waals surface area contributed by atoms with Crippen LogP contribution in [0.15, 0.2) is 18.2 Å². The Bertz CT molecular complexity index is 473. The van der Waals surface area contributed by atoms with Crippen molar-refractivity contribution in [3.63, 3.8) is 0 Å². The molecule has 0 bridgehead atoms. The molecule has 1 aliphatic heterocycles. The topological polar surface area (TPSA) is 59.2 Å². The second-order valence-electron chi connectivity index (χ2n) is 4.16. The number of carbonyl (C=O) groups excluding carboxylic acids is 2. The molecule has 2 aliphatic rings. The molecule has 1 aliphatic carbocycles. The first-order valence-corrected chi connectivity index (χ1v) is 5.34. The van der Waals surface area contributed by atoms with Crippen LogP contribution < -0.4 is 0 Å². The molecule has 1 unspecified atom stereocenters. The molecule has 0 amide bonds. The SMILES string of the molecule is O=C1CC(c2cc3c([nH]2)CC=CC3)C(=O)O1. The number of fused-ring (bicyclic) bond motifs is 1. The molecule has 1 fully saturated rings. The van der Waals surface area contributed by atoms with Gasteiger partial charge in [-0.3, -0.25) is 9.59 Å². The van der Waals surface area contributed by atoms with Crippen molar-refractivity contribution in [1.29, 1.82) is 0 Å². The summed E-state index contributed by atoms with van der Waals surface area (Å²) in [4.78, 5) is 25.7. The highest BCUT2D eigenvalue weighted by molar-refractivity contribution is 5.97. The average Bonchev–Trinajstić information content (AvgIpc) is 2.81. The lowest BCUT2D eigenvalue weighted by Crippen LogP contribution is -2.05. The zero-order valence-corrected chi connectivity index (χ0v) is 8.66. The fraction of sp³-hybridized carbons (Fsp3) is 0.333. The molecule has 3 rings (SSSR count). The van der Waals surface area contributed by atoms with E-state index < -0.39 is 17.9 Å². The number of ether oxygens (including phenoxy) is 1. The highest BCUT2D eigenvalue weighted by atomic mass is 16.6. The summed E-state index contributed by atoms with van der Waals surface area (Å²) in [5, 5.41) is 0. The van der Waals surface area contributed by atoms with E-state index in [0.717, 1.165) is 24.2 Å². The number of allylic oxidation sites excluding steroid dienone is 2. The maximum Gasteiger partial charge on any atom is 0.323 e. The van der Waals surface area contributed by atoms with Crippen molar-refractivity contribution in [2.24, 2.45) is 0 Å². The van der Waals surface area contributed by atoms with E-state index in [4.69, 9.17) is 0 Å². The van der Waals surface area contributed by atoms with E-state index in [9.17, 15) is 9.59 Å². The molecular formula is C12H11NO3. The summed E-state index contributed by atoms with van der Waals surface area (Å²) in [6.45, 7) is 0. The fourth-order valence-corrected chi connectivity index (χ4v) is 2.24. The lowest BCUT2D eigenvalue weighted by molar-refractivity contribution is -0.152. The van der Waals surface area contributed by atoms with E-state index in [0.29, 0.717) is 0 Å². The van der Waals surface area contributed by atoms with Gasteiger partial charge in [0, 0.05) is 17.8 Å². The van der Waals surface area contributed by atoms with Crippen molar-refractivity contribution in [2.45, 2.75) is 25.2 Å². The van der Waals surface area contributed by atoms with Crippen LogP contribution in [0.1, 0.15) is 29.3 Å². The van der Waals surface area contributed by atoms with Crippen molar-refractivity contribution < 1.29 is 14.3 Å². The Kier molecular flexibility index (Phi) is 1.96. The predicted molar refractivity (Wildman–Crippen MR) is 55.8 cm³/mol. The second kappa shape index (κ2) is 3.33. The van der Waals surface area contributed by atoms with E-state index in [1.54, 1.807) is 0 Å². The number of hydrogen-bond donors (Lipinski definition) is 1. The number of carbonyl (C=O) groups is 2. The number of H-pyrrole nitrogens is 1. The Hall–Kier alpha value is -1.84. The Morgan fingerprint density at radius 3 is 2.75 bits per heavy atom. The van der Waals surface area contributed by atoms with Crippen LogP contribution in [0.5, 0.6) is 0 Å². The first-order chi connectivity index (χ1) is 7.74. The third kappa shape index (κ3) is 1.38. The number of esters is 2. The van der Waals surface area contributed by atoms with Crippen LogP contribution in [-0.4, -0.2) is 16.9 Å². The first kappa shape index (κ1) is 9.39. The van der Waals surface area contributed by atoms with Gasteiger partial charge in [-0.15, -0.1) is 0 Å². The number of rotatable bonds is 1. The highest BCUT2D eigenvalue weighted by Gasteiger charge is 2.36. The van der Waals surface area contributed by atoms with Gasteiger partial charge in [0.15, 0.2) is 0 Å². The zero-order chi connectivity index (χ0) is 11.1. The maximum absolute atomic E-state index is 11.4. The minimum Gasteiger partial charge on any atom is -0.393 e. The molecule has 1 atom stereocenters. The molecule has 2 heterocycles. The predicted octanol–water partition coefficient (Wildman–Crippen LogP) is 1.23. The van der Waals surface area contributed by atoms with Gasteiger partial charge in [0.2, 0.25) is 0 Å². The summed E-state index contributed by atoms with van der Waals surface area (Å²) in [7, 11) is 0. The second-order valence-corrected chi connectivity index (χ2v) is 4.16. The van der Waals surface area contributed by atoms with E-state index in [1.165, 1.54) is 5.56 Å². The van der Waals surface area contributed by atoms with E-state index >= 15 is 0 Å². The first-order valence-electron chi connectivity index (χ1n) is 5.34. The molecule has 16 heavy (non-hydrogen) atoms. The summed E-state index contributed by atoms with van der Waals surface area (Å²) in [5.41, 5.74) is 3.17. The summed E-state index contributed by atoms with van der Waals surface area (Å²) in [5.74, 6) is -1.30. The van der Waals surface area contributed by atoms with Gasteiger partial charge >= 0.3 is 11.9 Å². The standard InChI is InChI=1S/C12H11NO3/c14-11-6-8(12(15)16-11)10-5-7-3-1-2-4-9(7)13-10/h1-2,5,8,13H,3-4,6H2. The Balaban J connectivity index is 1.93. The quantitative estimate of drug-likeness (QED) is 0.437. The third-order valence-corrected chi connectivity index (χ3v) is 3.08. The minimum atomic E-state index is -0.434. The van der Waals surface area contributed by atoms with Crippen LogP contribution >= 0.6 is 0 Å². The molecule has 1 aromatic rings. The normalized spacial score (nSPS) is 23.4. The largest absolute Gasteiger partial charge is 0.393 e. The molecule has 0 saturated carbocycles. The zero-order valence-electron chi connectivity index (χ0n) is 8.66. The molecule has 0 radical (unpaired) electrons. The van der Waals surface area contributed by atoms with Crippen LogP contribution in [0.4, 0.5) is 0 Å². The van der Waals surface area contributed by atoms with Crippen molar-refractivity contribution in [3.8, 4) is 0 Å². The summed E-state index contributed by atoms with van der Waals surface area (Å²) in [6, 6.07) is 1.98. The highest BCUT2D eigenvalue weighted by Crippen LogP contribution is 2.29. The number of hydrogen-bond acceptors (Lipinski definition) is 3. The number of aromatic amines is 1. The van der Waals surface area contributed by atoms with Gasteiger partial charge in [-0.2, -0.15) is 0 Å². The monoisotopic (exact) mass is 217 g/mol. The number of cyclic esters (lactones) is 2. The van der Waals surface area contributed by atoms with Crippen LogP contribution in [0.2, 0.25) is 0 Å². The number of aromatic nitrogens is 1. The minimum absolute atomic E-state index is 0.158. The maximum atomic E-state index is 11.4. The lowest BCUT2D eigenvalue weighted by Gasteiger charge is -2.02. The van der Waals surface area contributed by atoms with Crippen molar-refractivity contribution in [2.75, 3.05) is 0 Å². The molecule has 0 aromatic carbocycles. The van der Waals surface area contributed by atoms with Crippen LogP contribution in [-0.2, 0) is 27.2 Å². The van der Waals surface area contributed by atoms with Crippen molar-refractivity contribution in [3.05, 3.63) is 35.2 Å². The van der Waals surface area contributed by atoms with Gasteiger partial charge in [-0.05, 0) is 18.1 Å². The van der Waals surface area contributed by atoms with E-state index in [1.807, 2.05) is 6.07 Å². The molecular weight excluding hydrogens is 206 g/mol. The fourth-order valence-electron chi connectivity index (χ4n) is 2.24. The molecule has 1 saturated heterocycles. The van der Waals surface area contributed by atoms with Gasteiger partial charge in [0.25, 0.3) is 0 Å². The summed E-state index contributed by atoms with van der Waals surface area (Å²) in [6.07, 6.45) is 6.12. The van der Waals surface area contributed by atoms with Gasteiger partial charge in [0.05, 0.1) is 6.42 Å². The lowest BCUT2D eigenvalue weighted by atomic mass is 10.0. The molecule has 0 spiro atoms. The molecule has 1 N–H and O–H groups in total. The van der Waals surface area contributed by atoms with Crippen LogP contribution in [0.3, 0.4) is 0 Å². The smallest absolute Gasteiger partial charge is 0.323 e. The Labute approximate surface area is 92.3 Å². The number of nitrogens with one attached hydrogen (secondary N) is 1. The summed E-state index contributed by atoms with van der Waals surface area (Å²) >= 11 is 0. The molecule has 4 heteroatoms. The summed E-state index contributed by atoms with van der Waals surface area (Å²) < 4.78 is 4.55. The molecule has 1 aromatic heterocycles. The van der Waals surface area contributed by atoms with E-state index in [-0.39, 0.29) is 6.42 Å². The molecule has 4 nitrogen and oxygen atoms in total. The van der Waals surface area contributed by atoms with Gasteiger partial charge in [-0.25, -0.2) is 0 Å². The Morgan fingerprint density at radius 1 is 1.25 bits per heavy atom. The van der Waals surface area contributed by atoms with Gasteiger partial charge < -0.3 is 9.72 Å². The van der Waals surface area contributed by atoms with Crippen molar-refractivity contribution in [1.82, 2.24) is 4.98 Å². The van der Waals surface area contributed by atoms with Crippen molar-refractivity contribution >= 4 is 11.9 Å². The Morgan fingerprint density at radius 2 is 2.06 bits per heavy atom. The van der Waals surface area contributed by atoms with Gasteiger partial charge in [-0.1, -0.05) is 12.2 Å². The average molecular weight is 217 g/mol. The third-order valence-electron chi connectivity index (χ3n) is 3.08.